The maximum Gasteiger partial charge on any atom is 0.313 e. The molecule has 0 atom stereocenters. The predicted octanol–water partition coefficient (Wildman–Crippen LogP) is -0.566. The van der Waals surface area contributed by atoms with Crippen LogP contribution < -0.4 is 16.9 Å². The first-order valence-electron chi connectivity index (χ1n) is 4.70. The van der Waals surface area contributed by atoms with E-state index in [1.54, 1.807) is 0 Å². The topological polar surface area (TPSA) is 132 Å². The number of hydrogen-bond donors (Lipinski definition) is 3. The van der Waals surface area contributed by atoms with Crippen LogP contribution >= 0.6 is 0 Å². The van der Waals surface area contributed by atoms with Crippen molar-refractivity contribution < 1.29 is 9.21 Å². The van der Waals surface area contributed by atoms with Crippen molar-refractivity contribution in [3.05, 3.63) is 5.89 Å². The van der Waals surface area contributed by atoms with Crippen LogP contribution in [-0.2, 0) is 4.79 Å². The number of nitrogens with two attached hydrogens (primary N) is 2. The zero-order chi connectivity index (χ0) is 12.1. The number of hydrazone groups is 1. The summed E-state index contributed by atoms with van der Waals surface area (Å²) < 4.78 is 4.81. The number of aromatic nitrogens is 2. The Hall–Kier alpha value is -2.12. The minimum Gasteiger partial charge on any atom is -0.400 e. The first kappa shape index (κ1) is 12.0. The summed E-state index contributed by atoms with van der Waals surface area (Å²) in [5, 5.41) is 10.5. The van der Waals surface area contributed by atoms with E-state index in [1.807, 2.05) is 13.8 Å². The van der Waals surface area contributed by atoms with Crippen molar-refractivity contribution in [1.82, 2.24) is 15.6 Å². The normalized spacial score (nSPS) is 11.8. The van der Waals surface area contributed by atoms with Crippen LogP contribution in [0.3, 0.4) is 0 Å². The van der Waals surface area contributed by atoms with Crippen LogP contribution in [0.1, 0.15) is 26.2 Å². The highest BCUT2D eigenvalue weighted by Crippen LogP contribution is 2.00. The minimum atomic E-state index is -0.231. The molecule has 1 heterocycles. The van der Waals surface area contributed by atoms with Gasteiger partial charge < -0.3 is 15.9 Å². The molecule has 8 heteroatoms. The molecule has 0 unspecified atom stereocenters. The fourth-order valence-electron chi connectivity index (χ4n) is 0.925. The maximum absolute atomic E-state index is 11.2. The van der Waals surface area contributed by atoms with E-state index < -0.39 is 0 Å². The van der Waals surface area contributed by atoms with E-state index >= 15 is 0 Å². The number of amides is 1. The molecule has 0 aliphatic carbocycles. The Bertz CT molecular complexity index is 397. The molecule has 0 bridgehead atoms. The van der Waals surface area contributed by atoms with E-state index in [9.17, 15) is 4.79 Å². The molecule has 1 amide bonds. The molecule has 1 aromatic heterocycles. The molecule has 1 aromatic rings. The summed E-state index contributed by atoms with van der Waals surface area (Å²) in [4.78, 5) is 11.2. The van der Waals surface area contributed by atoms with Gasteiger partial charge in [-0.25, -0.2) is 5.43 Å². The third kappa shape index (κ3) is 3.56. The van der Waals surface area contributed by atoms with E-state index in [4.69, 9.17) is 15.9 Å². The van der Waals surface area contributed by atoms with Crippen molar-refractivity contribution in [3.8, 4) is 0 Å². The van der Waals surface area contributed by atoms with Crippen molar-refractivity contribution in [2.24, 2.45) is 16.8 Å². The molecule has 0 aromatic carbocycles. The number of nitrogens with one attached hydrogen (secondary N) is 1. The predicted molar refractivity (Wildman–Crippen MR) is 57.0 cm³/mol. The summed E-state index contributed by atoms with van der Waals surface area (Å²) in [6.45, 7) is 3.84. The summed E-state index contributed by atoms with van der Waals surface area (Å²) in [7, 11) is 0. The van der Waals surface area contributed by atoms with Gasteiger partial charge >= 0.3 is 6.01 Å². The van der Waals surface area contributed by atoms with E-state index in [2.05, 4.69) is 20.7 Å². The number of nitrogens with zero attached hydrogens (tertiary/aromatic N) is 3. The van der Waals surface area contributed by atoms with Crippen LogP contribution in [0.25, 0.3) is 0 Å². The van der Waals surface area contributed by atoms with Crippen LogP contribution in [0.2, 0.25) is 0 Å². The zero-order valence-corrected chi connectivity index (χ0v) is 9.10. The quantitative estimate of drug-likeness (QED) is 0.358. The molecule has 0 aliphatic heterocycles. The molecule has 5 N–H and O–H groups in total. The molecule has 88 valence electrons. The monoisotopic (exact) mass is 226 g/mol. The average Bonchev–Trinajstić information content (AvgIpc) is 2.60. The molecule has 16 heavy (non-hydrogen) atoms. The second-order valence-corrected chi connectivity index (χ2v) is 3.58. The van der Waals surface area contributed by atoms with E-state index in [1.165, 1.54) is 0 Å². The lowest BCUT2D eigenvalue weighted by molar-refractivity contribution is -0.121. The molecular formula is C8H14N6O2. The fourth-order valence-corrected chi connectivity index (χ4v) is 0.925. The van der Waals surface area contributed by atoms with E-state index in [-0.39, 0.29) is 29.6 Å². The number of hydrogen-bond acceptors (Lipinski definition) is 6. The lowest BCUT2D eigenvalue weighted by Gasteiger charge is -2.02. The van der Waals surface area contributed by atoms with Gasteiger partial charge in [-0.1, -0.05) is 18.9 Å². The third-order valence-electron chi connectivity index (χ3n) is 1.55. The summed E-state index contributed by atoms with van der Waals surface area (Å²) in [5.41, 5.74) is 12.9. The first-order valence-corrected chi connectivity index (χ1v) is 4.70. The Balaban J connectivity index is 2.54. The van der Waals surface area contributed by atoms with Crippen LogP contribution in [0.4, 0.5) is 6.01 Å². The second-order valence-electron chi connectivity index (χ2n) is 3.58. The van der Waals surface area contributed by atoms with Gasteiger partial charge in [-0.15, -0.1) is 10.2 Å². The van der Waals surface area contributed by atoms with Crippen LogP contribution in [0, 0.1) is 5.92 Å². The average molecular weight is 226 g/mol. The van der Waals surface area contributed by atoms with Crippen molar-refractivity contribution in [1.29, 1.82) is 0 Å². The number of rotatable bonds is 4. The van der Waals surface area contributed by atoms with E-state index in [0.29, 0.717) is 6.42 Å². The Kier molecular flexibility index (Phi) is 3.81. The summed E-state index contributed by atoms with van der Waals surface area (Å²) in [5.74, 6) is -0.0930. The third-order valence-corrected chi connectivity index (χ3v) is 1.55. The van der Waals surface area contributed by atoms with Gasteiger partial charge in [0, 0.05) is 6.42 Å². The molecule has 0 aliphatic rings. The second kappa shape index (κ2) is 5.10. The number of anilines is 1. The van der Waals surface area contributed by atoms with Gasteiger partial charge in [-0.2, -0.15) is 0 Å². The first-order chi connectivity index (χ1) is 7.49. The SMILES string of the molecule is CC(C)CC(=O)N/N=C(\N)c1nnc(N)o1. The van der Waals surface area contributed by atoms with Gasteiger partial charge in [-0.05, 0) is 5.92 Å². The van der Waals surface area contributed by atoms with Gasteiger partial charge in [0.05, 0.1) is 0 Å². The molecule has 0 saturated heterocycles. The lowest BCUT2D eigenvalue weighted by Crippen LogP contribution is -2.24. The zero-order valence-electron chi connectivity index (χ0n) is 9.10. The highest BCUT2D eigenvalue weighted by atomic mass is 16.4. The summed E-state index contributed by atoms with van der Waals surface area (Å²) in [6, 6.07) is -0.110. The Morgan fingerprint density at radius 2 is 2.25 bits per heavy atom. The molecule has 0 fully saturated rings. The number of carbonyl (C=O) groups is 1. The Morgan fingerprint density at radius 3 is 2.75 bits per heavy atom. The highest BCUT2D eigenvalue weighted by molar-refractivity contribution is 5.93. The summed E-state index contributed by atoms with van der Waals surface area (Å²) in [6.07, 6.45) is 0.364. The van der Waals surface area contributed by atoms with Crippen LogP contribution in [0.5, 0.6) is 0 Å². The molecular weight excluding hydrogens is 212 g/mol. The van der Waals surface area contributed by atoms with Gasteiger partial charge in [0.1, 0.15) is 0 Å². The fraction of sp³-hybridized carbons (Fsp3) is 0.500. The van der Waals surface area contributed by atoms with Gasteiger partial charge in [0.2, 0.25) is 11.7 Å². The molecule has 8 nitrogen and oxygen atoms in total. The maximum atomic E-state index is 11.2. The van der Waals surface area contributed by atoms with Crippen molar-refractivity contribution in [2.75, 3.05) is 5.73 Å². The largest absolute Gasteiger partial charge is 0.400 e. The lowest BCUT2D eigenvalue weighted by atomic mass is 10.1. The van der Waals surface area contributed by atoms with Gasteiger partial charge in [0.15, 0.2) is 0 Å². The van der Waals surface area contributed by atoms with Gasteiger partial charge in [0.25, 0.3) is 5.89 Å². The molecule has 0 radical (unpaired) electrons. The van der Waals surface area contributed by atoms with E-state index in [0.717, 1.165) is 0 Å². The van der Waals surface area contributed by atoms with Crippen LogP contribution in [0.15, 0.2) is 9.52 Å². The van der Waals surface area contributed by atoms with Crippen LogP contribution in [-0.4, -0.2) is 21.9 Å². The highest BCUT2D eigenvalue weighted by Gasteiger charge is 2.09. The molecule has 1 rings (SSSR count). The number of amidine groups is 1. The number of nitrogen functional groups attached to an aromatic ring is 1. The minimum absolute atomic E-state index is 0.0256. The Morgan fingerprint density at radius 1 is 1.56 bits per heavy atom. The van der Waals surface area contributed by atoms with Crippen molar-refractivity contribution in [3.63, 3.8) is 0 Å². The molecule has 0 saturated carbocycles. The van der Waals surface area contributed by atoms with Gasteiger partial charge in [-0.3, -0.25) is 4.79 Å². The van der Waals surface area contributed by atoms with Crippen molar-refractivity contribution >= 4 is 17.8 Å². The molecule has 0 spiro atoms. The Labute approximate surface area is 92.1 Å². The van der Waals surface area contributed by atoms with Crippen molar-refractivity contribution in [2.45, 2.75) is 20.3 Å². The number of carbonyl (C=O) groups excluding carboxylic acids is 1. The standard InChI is InChI=1S/C8H14N6O2/c1-4(2)3-5(15)11-12-6(9)7-13-14-8(10)16-7/h4H,3H2,1-2H3,(H2,9,12)(H2,10,14)(H,11,15). The summed E-state index contributed by atoms with van der Waals surface area (Å²) >= 11 is 0. The smallest absolute Gasteiger partial charge is 0.313 e.